The summed E-state index contributed by atoms with van der Waals surface area (Å²) in [4.78, 5) is 6.51. The number of unbranched alkanes of at least 4 members (excludes halogenated alkanes) is 7. The van der Waals surface area contributed by atoms with Gasteiger partial charge in [0, 0.05) is 12.8 Å². The van der Waals surface area contributed by atoms with Crippen molar-refractivity contribution in [2.75, 3.05) is 6.54 Å². The molecule has 2 atom stereocenters. The van der Waals surface area contributed by atoms with E-state index in [4.69, 9.17) is 0 Å². The minimum Gasteiger partial charge on any atom is -0.379 e. The normalized spacial score (nSPS) is 21.1. The van der Waals surface area contributed by atoms with Crippen LogP contribution in [0.25, 0.3) is 0 Å². The number of allylic oxidation sites excluding steroid dienone is 2. The van der Waals surface area contributed by atoms with Gasteiger partial charge in [0.15, 0.2) is 0 Å². The highest BCUT2D eigenvalue weighted by atomic mass is 16.3. The van der Waals surface area contributed by atoms with Crippen molar-refractivity contribution in [3.63, 3.8) is 0 Å². The van der Waals surface area contributed by atoms with E-state index in [1.54, 1.807) is 0 Å². The lowest BCUT2D eigenvalue weighted by molar-refractivity contribution is 0.00710. The standard InChI is InChI=1S/C17H32N2O/c1-3-4-5-6-7-8-9-10-11-12-13-17-18-14-15-19(17)16(2)20/h3-4,14,16-17,20H,5-13,15H2,1-2H3/b4-3+. The molecular formula is C17H32N2O. The highest BCUT2D eigenvalue weighted by Gasteiger charge is 2.23. The molecule has 0 aromatic heterocycles. The van der Waals surface area contributed by atoms with Crippen LogP contribution in [0, 0.1) is 0 Å². The summed E-state index contributed by atoms with van der Waals surface area (Å²) in [7, 11) is 0. The van der Waals surface area contributed by atoms with Crippen LogP contribution < -0.4 is 0 Å². The predicted molar refractivity (Wildman–Crippen MR) is 87.0 cm³/mol. The zero-order valence-corrected chi connectivity index (χ0v) is 13.3. The minimum absolute atomic E-state index is 0.218. The average Bonchev–Trinajstić information content (AvgIpc) is 2.89. The minimum atomic E-state index is -0.375. The molecule has 0 saturated heterocycles. The zero-order chi connectivity index (χ0) is 14.6. The zero-order valence-electron chi connectivity index (χ0n) is 13.3. The predicted octanol–water partition coefficient (Wildman–Crippen LogP) is 4.12. The van der Waals surface area contributed by atoms with E-state index in [1.165, 1.54) is 51.4 Å². The monoisotopic (exact) mass is 280 g/mol. The van der Waals surface area contributed by atoms with E-state index < -0.39 is 0 Å². The summed E-state index contributed by atoms with van der Waals surface area (Å²) in [6, 6.07) is 0. The van der Waals surface area contributed by atoms with Crippen molar-refractivity contribution in [1.29, 1.82) is 0 Å². The SMILES string of the molecule is C/C=C/CCCCCCCCCC1N=CCN1C(C)O. The molecule has 1 heterocycles. The summed E-state index contributed by atoms with van der Waals surface area (Å²) in [5.74, 6) is 0. The number of aliphatic hydroxyl groups excluding tert-OH is 1. The Balaban J connectivity index is 1.91. The Morgan fingerprint density at radius 3 is 2.50 bits per heavy atom. The first kappa shape index (κ1) is 17.4. The summed E-state index contributed by atoms with van der Waals surface area (Å²) >= 11 is 0. The van der Waals surface area contributed by atoms with E-state index in [1.807, 2.05) is 13.1 Å². The second kappa shape index (κ2) is 11.0. The van der Waals surface area contributed by atoms with Crippen LogP contribution in [0.4, 0.5) is 0 Å². The highest BCUT2D eigenvalue weighted by Crippen LogP contribution is 2.17. The lowest BCUT2D eigenvalue weighted by Gasteiger charge is -2.25. The van der Waals surface area contributed by atoms with Gasteiger partial charge in [-0.1, -0.05) is 44.3 Å². The Hall–Kier alpha value is -0.670. The Morgan fingerprint density at radius 2 is 1.85 bits per heavy atom. The van der Waals surface area contributed by atoms with Gasteiger partial charge in [-0.2, -0.15) is 0 Å². The Morgan fingerprint density at radius 1 is 1.20 bits per heavy atom. The van der Waals surface area contributed by atoms with Crippen LogP contribution in [0.1, 0.15) is 71.6 Å². The molecule has 0 aliphatic carbocycles. The maximum Gasteiger partial charge on any atom is 0.106 e. The molecule has 0 aromatic rings. The largest absolute Gasteiger partial charge is 0.379 e. The van der Waals surface area contributed by atoms with Crippen molar-refractivity contribution in [2.45, 2.75) is 84.0 Å². The molecule has 1 rings (SSSR count). The molecule has 1 aliphatic rings. The second-order valence-electron chi connectivity index (χ2n) is 5.76. The lowest BCUT2D eigenvalue weighted by Crippen LogP contribution is -2.37. The first-order valence-electron chi connectivity index (χ1n) is 8.32. The second-order valence-corrected chi connectivity index (χ2v) is 5.76. The summed E-state index contributed by atoms with van der Waals surface area (Å²) < 4.78 is 0. The van der Waals surface area contributed by atoms with E-state index in [9.17, 15) is 5.11 Å². The van der Waals surface area contributed by atoms with Gasteiger partial charge in [0.25, 0.3) is 0 Å². The molecule has 0 radical (unpaired) electrons. The maximum absolute atomic E-state index is 9.63. The van der Waals surface area contributed by atoms with Crippen LogP contribution in [0.5, 0.6) is 0 Å². The molecule has 20 heavy (non-hydrogen) atoms. The number of hydrogen-bond acceptors (Lipinski definition) is 3. The molecule has 0 bridgehead atoms. The molecule has 2 unspecified atom stereocenters. The Labute approximate surface area is 124 Å². The number of aliphatic imine (C=N–C) groups is 1. The molecule has 3 nitrogen and oxygen atoms in total. The van der Waals surface area contributed by atoms with Gasteiger partial charge < -0.3 is 5.11 Å². The smallest absolute Gasteiger partial charge is 0.106 e. The topological polar surface area (TPSA) is 35.8 Å². The van der Waals surface area contributed by atoms with Crippen LogP contribution in [0.15, 0.2) is 17.1 Å². The number of rotatable bonds is 11. The molecule has 0 saturated carbocycles. The number of hydrogen-bond donors (Lipinski definition) is 1. The van der Waals surface area contributed by atoms with Gasteiger partial charge in [-0.15, -0.1) is 0 Å². The van der Waals surface area contributed by atoms with Crippen LogP contribution in [-0.2, 0) is 0 Å². The molecule has 0 aromatic carbocycles. The average molecular weight is 280 g/mol. The third kappa shape index (κ3) is 7.20. The Kier molecular flexibility index (Phi) is 9.60. The lowest BCUT2D eigenvalue weighted by atomic mass is 10.1. The van der Waals surface area contributed by atoms with Crippen LogP contribution in [0.2, 0.25) is 0 Å². The van der Waals surface area contributed by atoms with Crippen molar-refractivity contribution < 1.29 is 5.11 Å². The quantitative estimate of drug-likeness (QED) is 0.456. The van der Waals surface area contributed by atoms with Gasteiger partial charge in [0.2, 0.25) is 0 Å². The number of nitrogens with zero attached hydrogens (tertiary/aromatic N) is 2. The molecule has 0 fully saturated rings. The van der Waals surface area contributed by atoms with Gasteiger partial charge in [0.1, 0.15) is 12.4 Å². The maximum atomic E-state index is 9.63. The fraction of sp³-hybridized carbons (Fsp3) is 0.824. The van der Waals surface area contributed by atoms with Gasteiger partial charge in [-0.3, -0.25) is 9.89 Å². The molecule has 1 N–H and O–H groups in total. The van der Waals surface area contributed by atoms with Crippen molar-refractivity contribution in [1.82, 2.24) is 4.90 Å². The molecule has 0 spiro atoms. The summed E-state index contributed by atoms with van der Waals surface area (Å²) in [6.07, 6.45) is 17.8. The van der Waals surface area contributed by atoms with Gasteiger partial charge in [0.05, 0.1) is 0 Å². The van der Waals surface area contributed by atoms with Crippen molar-refractivity contribution >= 4 is 6.21 Å². The van der Waals surface area contributed by atoms with E-state index in [2.05, 4.69) is 29.0 Å². The molecule has 3 heteroatoms. The molecular weight excluding hydrogens is 248 g/mol. The van der Waals surface area contributed by atoms with Crippen LogP contribution in [-0.4, -0.2) is 35.2 Å². The molecule has 0 amide bonds. The highest BCUT2D eigenvalue weighted by molar-refractivity contribution is 5.62. The van der Waals surface area contributed by atoms with E-state index in [0.717, 1.165) is 13.0 Å². The van der Waals surface area contributed by atoms with Gasteiger partial charge in [-0.25, -0.2) is 0 Å². The summed E-state index contributed by atoms with van der Waals surface area (Å²) in [6.45, 7) is 4.72. The first-order chi connectivity index (χ1) is 9.75. The third-order valence-electron chi connectivity index (χ3n) is 4.00. The first-order valence-corrected chi connectivity index (χ1v) is 8.32. The van der Waals surface area contributed by atoms with Crippen molar-refractivity contribution in [3.05, 3.63) is 12.2 Å². The van der Waals surface area contributed by atoms with Crippen molar-refractivity contribution in [3.8, 4) is 0 Å². The Bertz CT molecular complexity index is 287. The van der Waals surface area contributed by atoms with Crippen LogP contribution >= 0.6 is 0 Å². The third-order valence-corrected chi connectivity index (χ3v) is 4.00. The van der Waals surface area contributed by atoms with Gasteiger partial charge >= 0.3 is 0 Å². The molecule has 116 valence electrons. The van der Waals surface area contributed by atoms with E-state index in [0.29, 0.717) is 0 Å². The summed E-state index contributed by atoms with van der Waals surface area (Å²) in [5, 5.41) is 9.63. The van der Waals surface area contributed by atoms with Gasteiger partial charge in [-0.05, 0) is 39.5 Å². The molecule has 1 aliphatic heterocycles. The van der Waals surface area contributed by atoms with Crippen LogP contribution in [0.3, 0.4) is 0 Å². The van der Waals surface area contributed by atoms with E-state index in [-0.39, 0.29) is 12.4 Å². The summed E-state index contributed by atoms with van der Waals surface area (Å²) in [5.41, 5.74) is 0. The van der Waals surface area contributed by atoms with Crippen molar-refractivity contribution in [2.24, 2.45) is 4.99 Å². The fourth-order valence-corrected chi connectivity index (χ4v) is 2.75. The fourth-order valence-electron chi connectivity index (χ4n) is 2.75. The van der Waals surface area contributed by atoms with E-state index >= 15 is 0 Å². The number of aliphatic hydroxyl groups is 1.